The summed E-state index contributed by atoms with van der Waals surface area (Å²) in [4.78, 5) is 58.8. The second-order valence-corrected chi connectivity index (χ2v) is 7.92. The Balaban J connectivity index is 3.32. The first-order chi connectivity index (χ1) is 14.2. The number of ether oxygens (including phenoxy) is 5. The van der Waals surface area contributed by atoms with Gasteiger partial charge < -0.3 is 29.0 Å². The Hall–Kier alpha value is -2.89. The normalized spacial score (nSPS) is 25.6. The summed E-state index contributed by atoms with van der Waals surface area (Å²) in [6.45, 7) is 9.23. The number of nitrogens with one attached hydrogen (secondary N) is 2. The zero-order valence-electron chi connectivity index (χ0n) is 18.7. The molecule has 2 N–H and O–H groups in total. The number of hydrogen-bond donors (Lipinski definition) is 2. The molecule has 0 bridgehead atoms. The Morgan fingerprint density at radius 3 is 1.84 bits per heavy atom. The molecule has 0 aromatic rings. The third-order valence-corrected chi connectivity index (χ3v) is 3.78. The van der Waals surface area contributed by atoms with Gasteiger partial charge in [-0.25, -0.2) is 4.79 Å². The topological polar surface area (TPSA) is 156 Å². The van der Waals surface area contributed by atoms with Crippen molar-refractivity contribution in [3.63, 3.8) is 0 Å². The van der Waals surface area contributed by atoms with Gasteiger partial charge in [0.05, 0.1) is 0 Å². The van der Waals surface area contributed by atoms with Crippen LogP contribution in [0.4, 0.5) is 4.79 Å². The molecule has 12 heteroatoms. The monoisotopic (exact) mass is 446 g/mol. The number of amides is 2. The summed E-state index contributed by atoms with van der Waals surface area (Å²) in [5.41, 5.74) is -0.824. The van der Waals surface area contributed by atoms with Gasteiger partial charge in [-0.2, -0.15) is 0 Å². The lowest BCUT2D eigenvalue weighted by Crippen LogP contribution is -2.69. The maximum absolute atomic E-state index is 12.3. The maximum atomic E-state index is 12.3. The molecule has 1 unspecified atom stereocenters. The van der Waals surface area contributed by atoms with Crippen molar-refractivity contribution in [3.8, 4) is 0 Å². The van der Waals surface area contributed by atoms with E-state index in [9.17, 15) is 24.0 Å². The highest BCUT2D eigenvalue weighted by molar-refractivity contribution is 5.74. The first-order valence-electron chi connectivity index (χ1n) is 9.59. The van der Waals surface area contributed by atoms with Gasteiger partial charge in [-0.3, -0.25) is 24.5 Å². The Labute approximate surface area is 180 Å². The number of alkyl carbamates (subject to hydrolysis) is 1. The van der Waals surface area contributed by atoms with Crippen LogP contribution in [0.3, 0.4) is 0 Å². The SMILES string of the molecule is CC(=O)N[C@H]1C(NC(=O)OC(C)(C)C)O[C@H](COC(C)=O)[C@@H](OC(C)=O)[C@@H]1OC(C)=O. The summed E-state index contributed by atoms with van der Waals surface area (Å²) in [5, 5.41) is 4.99. The van der Waals surface area contributed by atoms with E-state index in [0.29, 0.717) is 0 Å². The van der Waals surface area contributed by atoms with Gasteiger partial charge in [0.2, 0.25) is 5.91 Å². The minimum atomic E-state index is -1.27. The average Bonchev–Trinajstić information content (AvgIpc) is 2.55. The minimum Gasteiger partial charge on any atom is -0.463 e. The molecule has 0 saturated carbocycles. The van der Waals surface area contributed by atoms with E-state index in [1.807, 2.05) is 0 Å². The molecule has 1 fully saturated rings. The molecule has 176 valence electrons. The summed E-state index contributed by atoms with van der Waals surface area (Å²) < 4.78 is 26.6. The number of esters is 3. The fourth-order valence-electron chi connectivity index (χ4n) is 2.88. The summed E-state index contributed by atoms with van der Waals surface area (Å²) in [5.74, 6) is -2.61. The number of carbonyl (C=O) groups is 5. The minimum absolute atomic E-state index is 0.371. The third kappa shape index (κ3) is 9.20. The Bertz CT molecular complexity index is 702. The van der Waals surface area contributed by atoms with Gasteiger partial charge in [-0.05, 0) is 20.8 Å². The Kier molecular flexibility index (Phi) is 9.22. The molecule has 1 aliphatic rings. The van der Waals surface area contributed by atoms with Crippen molar-refractivity contribution in [3.05, 3.63) is 0 Å². The van der Waals surface area contributed by atoms with Crippen LogP contribution in [-0.2, 0) is 42.9 Å². The lowest BCUT2D eigenvalue weighted by Gasteiger charge is -2.45. The van der Waals surface area contributed by atoms with Gasteiger partial charge in [-0.15, -0.1) is 0 Å². The van der Waals surface area contributed by atoms with E-state index in [1.54, 1.807) is 20.8 Å². The fraction of sp³-hybridized carbons (Fsp3) is 0.737. The average molecular weight is 446 g/mol. The first-order valence-corrected chi connectivity index (χ1v) is 9.59. The predicted molar refractivity (Wildman–Crippen MR) is 103 cm³/mol. The second-order valence-electron chi connectivity index (χ2n) is 7.92. The molecule has 1 aliphatic heterocycles. The highest BCUT2D eigenvalue weighted by Crippen LogP contribution is 2.26. The fourth-order valence-corrected chi connectivity index (χ4v) is 2.88. The number of carbonyl (C=O) groups excluding carboxylic acids is 5. The van der Waals surface area contributed by atoms with Crippen LogP contribution in [0.2, 0.25) is 0 Å². The molecule has 2 amide bonds. The molecular weight excluding hydrogens is 416 g/mol. The summed E-state index contributed by atoms with van der Waals surface area (Å²) in [6, 6.07) is -1.15. The van der Waals surface area contributed by atoms with Crippen LogP contribution in [0.15, 0.2) is 0 Å². The highest BCUT2D eigenvalue weighted by atomic mass is 16.6. The summed E-state index contributed by atoms with van der Waals surface area (Å²) in [6.07, 6.45) is -5.77. The van der Waals surface area contributed by atoms with Crippen LogP contribution >= 0.6 is 0 Å². The zero-order chi connectivity index (χ0) is 23.9. The Morgan fingerprint density at radius 2 is 1.39 bits per heavy atom. The molecule has 1 rings (SSSR count). The second kappa shape index (κ2) is 10.9. The molecule has 0 aromatic heterocycles. The van der Waals surface area contributed by atoms with Gasteiger partial charge >= 0.3 is 24.0 Å². The van der Waals surface area contributed by atoms with Gasteiger partial charge in [0.1, 0.15) is 24.4 Å². The Morgan fingerprint density at radius 1 is 0.839 bits per heavy atom. The van der Waals surface area contributed by atoms with E-state index in [4.69, 9.17) is 23.7 Å². The predicted octanol–water partition coefficient (Wildman–Crippen LogP) is 0.167. The van der Waals surface area contributed by atoms with Crippen molar-refractivity contribution in [2.24, 2.45) is 0 Å². The molecule has 12 nitrogen and oxygen atoms in total. The molecule has 0 radical (unpaired) electrons. The van der Waals surface area contributed by atoms with Crippen molar-refractivity contribution in [2.75, 3.05) is 6.61 Å². The first kappa shape index (κ1) is 26.1. The van der Waals surface area contributed by atoms with E-state index >= 15 is 0 Å². The third-order valence-electron chi connectivity index (χ3n) is 3.78. The van der Waals surface area contributed by atoms with Crippen LogP contribution in [0.1, 0.15) is 48.5 Å². The molecule has 5 atom stereocenters. The summed E-state index contributed by atoms with van der Waals surface area (Å²) in [7, 11) is 0. The van der Waals surface area contributed by atoms with E-state index in [0.717, 1.165) is 13.8 Å². The maximum Gasteiger partial charge on any atom is 0.409 e. The van der Waals surface area contributed by atoms with E-state index < -0.39 is 66.1 Å². The molecule has 0 aliphatic carbocycles. The molecule has 0 spiro atoms. The van der Waals surface area contributed by atoms with Gasteiger partial charge in [0.25, 0.3) is 0 Å². The molecule has 1 saturated heterocycles. The largest absolute Gasteiger partial charge is 0.463 e. The lowest BCUT2D eigenvalue weighted by atomic mass is 9.95. The molecular formula is C19H30N2O10. The van der Waals surface area contributed by atoms with Crippen molar-refractivity contribution in [1.82, 2.24) is 10.6 Å². The van der Waals surface area contributed by atoms with E-state index in [-0.39, 0.29) is 6.61 Å². The lowest BCUT2D eigenvalue weighted by molar-refractivity contribution is -0.227. The standard InChI is InChI=1S/C19H30N2O10/c1-9(22)20-14-16(29-12(4)25)15(28-11(3)24)13(8-27-10(2)23)30-17(14)21-18(26)31-19(5,6)7/h13-17H,8H2,1-7H3,(H,20,22)(H,21,26)/t13-,14-,15-,16-,17?/m1/s1. The highest BCUT2D eigenvalue weighted by Gasteiger charge is 2.51. The van der Waals surface area contributed by atoms with E-state index in [2.05, 4.69) is 10.6 Å². The van der Waals surface area contributed by atoms with Gasteiger partial charge in [-0.1, -0.05) is 0 Å². The van der Waals surface area contributed by atoms with Crippen molar-refractivity contribution < 1.29 is 47.7 Å². The number of hydrogen-bond acceptors (Lipinski definition) is 10. The summed E-state index contributed by atoms with van der Waals surface area (Å²) >= 11 is 0. The van der Waals surface area contributed by atoms with Crippen LogP contribution in [-0.4, -0.2) is 72.7 Å². The quantitative estimate of drug-likeness (QED) is 0.426. The van der Waals surface area contributed by atoms with Gasteiger partial charge in [0.15, 0.2) is 18.4 Å². The molecule has 0 aromatic carbocycles. The van der Waals surface area contributed by atoms with Gasteiger partial charge in [0, 0.05) is 27.7 Å². The van der Waals surface area contributed by atoms with E-state index in [1.165, 1.54) is 13.8 Å². The smallest absolute Gasteiger partial charge is 0.409 e. The van der Waals surface area contributed by atoms with Crippen LogP contribution < -0.4 is 10.6 Å². The van der Waals surface area contributed by atoms with Crippen LogP contribution in [0.25, 0.3) is 0 Å². The number of rotatable bonds is 6. The van der Waals surface area contributed by atoms with Crippen molar-refractivity contribution >= 4 is 29.9 Å². The molecule has 1 heterocycles. The van der Waals surface area contributed by atoms with Crippen LogP contribution in [0.5, 0.6) is 0 Å². The van der Waals surface area contributed by atoms with Crippen LogP contribution in [0, 0.1) is 0 Å². The van der Waals surface area contributed by atoms with Crippen molar-refractivity contribution in [1.29, 1.82) is 0 Å². The van der Waals surface area contributed by atoms with Crippen molar-refractivity contribution in [2.45, 2.75) is 84.6 Å². The molecule has 31 heavy (non-hydrogen) atoms. The zero-order valence-corrected chi connectivity index (χ0v) is 18.7.